The summed E-state index contributed by atoms with van der Waals surface area (Å²) in [6.07, 6.45) is 5.02. The highest BCUT2D eigenvalue weighted by molar-refractivity contribution is 7.81. The predicted molar refractivity (Wildman–Crippen MR) is 196 cm³/mol. The molecule has 0 amide bonds. The van der Waals surface area contributed by atoms with Gasteiger partial charge in [0.15, 0.2) is 0 Å². The van der Waals surface area contributed by atoms with Crippen LogP contribution in [0.4, 0.5) is 0 Å². The summed E-state index contributed by atoms with van der Waals surface area (Å²) < 4.78 is 75.7. The monoisotopic (exact) mass is 754 g/mol. The van der Waals surface area contributed by atoms with Crippen molar-refractivity contribution in [2.45, 2.75) is 139 Å². The Morgan fingerprint density at radius 3 is 1.72 bits per heavy atom. The average Bonchev–Trinajstić information content (AvgIpc) is 3.40. The SMILES string of the molecule is CCN(CC)CC.CCN(CC)CC.C[C@H](CCC(=O)O)[C@H]1CC[C@H]2C3CC[C@@H]4C[C@H](OS(=O)(=O)O)CC[C@]4(C)C3C[C@H](OS(=O)(=O)O)[C@]12C. The molecule has 0 radical (unpaired) electrons. The van der Waals surface area contributed by atoms with Crippen molar-refractivity contribution in [1.29, 1.82) is 0 Å². The fourth-order valence-electron chi connectivity index (χ4n) is 10.6. The number of hydrogen-bond acceptors (Lipinski definition) is 9. The van der Waals surface area contributed by atoms with Crippen molar-refractivity contribution >= 4 is 26.8 Å². The van der Waals surface area contributed by atoms with Crippen molar-refractivity contribution < 1.29 is 44.2 Å². The van der Waals surface area contributed by atoms with E-state index in [0.717, 1.165) is 25.7 Å². The molecule has 3 N–H and O–H groups in total. The zero-order valence-corrected chi connectivity index (χ0v) is 34.0. The quantitative estimate of drug-likeness (QED) is 0.158. The first-order valence-electron chi connectivity index (χ1n) is 19.2. The topological polar surface area (TPSA) is 171 Å². The summed E-state index contributed by atoms with van der Waals surface area (Å²) in [4.78, 5) is 15.9. The lowest BCUT2D eigenvalue weighted by molar-refractivity contribution is -0.167. The van der Waals surface area contributed by atoms with Gasteiger partial charge in [0.05, 0.1) is 12.2 Å². The summed E-state index contributed by atoms with van der Waals surface area (Å²) >= 11 is 0. The Bertz CT molecular complexity index is 1240. The summed E-state index contributed by atoms with van der Waals surface area (Å²) in [5, 5.41) is 9.19. The third kappa shape index (κ3) is 11.8. The molecule has 14 heteroatoms. The van der Waals surface area contributed by atoms with Gasteiger partial charge in [0, 0.05) is 11.8 Å². The van der Waals surface area contributed by atoms with E-state index in [9.17, 15) is 31.3 Å². The van der Waals surface area contributed by atoms with E-state index in [1.54, 1.807) is 0 Å². The summed E-state index contributed by atoms with van der Waals surface area (Å²) in [7, 11) is -9.23. The Labute approximate surface area is 304 Å². The molecule has 4 saturated carbocycles. The van der Waals surface area contributed by atoms with Crippen molar-refractivity contribution in [3.05, 3.63) is 0 Å². The summed E-state index contributed by atoms with van der Waals surface area (Å²) in [6, 6.07) is 0. The minimum absolute atomic E-state index is 0.0564. The van der Waals surface area contributed by atoms with Crippen LogP contribution in [0.25, 0.3) is 0 Å². The first-order chi connectivity index (χ1) is 23.2. The number of hydrogen-bond donors (Lipinski definition) is 3. The molecule has 0 spiro atoms. The maximum absolute atomic E-state index is 12.0. The second-order valence-corrected chi connectivity index (χ2v) is 17.6. The van der Waals surface area contributed by atoms with Crippen LogP contribution in [-0.2, 0) is 34.0 Å². The fourth-order valence-corrected chi connectivity index (χ4v) is 11.7. The minimum Gasteiger partial charge on any atom is -0.481 e. The molecule has 4 fully saturated rings. The van der Waals surface area contributed by atoms with Crippen LogP contribution < -0.4 is 0 Å². The van der Waals surface area contributed by atoms with Gasteiger partial charge in [0.2, 0.25) is 0 Å². The second-order valence-electron chi connectivity index (χ2n) is 15.5. The number of carboxylic acid groups (broad SMARTS) is 1. The molecular weight excluding hydrogens is 685 g/mol. The number of aliphatic carboxylic acids is 1. The summed E-state index contributed by atoms with van der Waals surface area (Å²) in [5.74, 6) is 0.135. The lowest BCUT2D eigenvalue weighted by Crippen LogP contribution is -2.59. The molecular formula is C36H70N2O10S2. The lowest BCUT2D eigenvalue weighted by Gasteiger charge is -2.62. The highest BCUT2D eigenvalue weighted by Gasteiger charge is 2.65. The Morgan fingerprint density at radius 2 is 1.28 bits per heavy atom. The van der Waals surface area contributed by atoms with Gasteiger partial charge in [-0.2, -0.15) is 16.8 Å². The van der Waals surface area contributed by atoms with Crippen LogP contribution in [0.15, 0.2) is 0 Å². The smallest absolute Gasteiger partial charge is 0.397 e. The van der Waals surface area contributed by atoms with E-state index in [4.69, 9.17) is 12.9 Å². The van der Waals surface area contributed by atoms with E-state index in [2.05, 4.69) is 65.2 Å². The van der Waals surface area contributed by atoms with Gasteiger partial charge in [-0.3, -0.25) is 13.9 Å². The van der Waals surface area contributed by atoms with Gasteiger partial charge in [-0.15, -0.1) is 0 Å². The van der Waals surface area contributed by atoms with Gasteiger partial charge in [-0.05, 0) is 138 Å². The third-order valence-electron chi connectivity index (χ3n) is 13.4. The Hall–Kier alpha value is -0.870. The van der Waals surface area contributed by atoms with E-state index in [-0.39, 0.29) is 41.4 Å². The van der Waals surface area contributed by atoms with E-state index < -0.39 is 44.4 Å². The van der Waals surface area contributed by atoms with Crippen molar-refractivity contribution in [3.8, 4) is 0 Å². The number of carboxylic acids is 1. The summed E-state index contributed by atoms with van der Waals surface area (Å²) in [5.41, 5.74) is -0.680. The maximum atomic E-state index is 12.0. The van der Waals surface area contributed by atoms with Gasteiger partial charge < -0.3 is 14.9 Å². The molecule has 0 aromatic carbocycles. The normalized spacial score (nSPS) is 34.4. The zero-order valence-electron chi connectivity index (χ0n) is 32.3. The van der Waals surface area contributed by atoms with Crippen molar-refractivity contribution in [2.75, 3.05) is 39.3 Å². The van der Waals surface area contributed by atoms with Crippen LogP contribution in [0.3, 0.4) is 0 Å². The minimum atomic E-state index is -4.70. The predicted octanol–water partition coefficient (Wildman–Crippen LogP) is 6.83. The molecule has 0 bridgehead atoms. The van der Waals surface area contributed by atoms with Crippen LogP contribution >= 0.6 is 0 Å². The molecule has 0 saturated heterocycles. The fraction of sp³-hybridized carbons (Fsp3) is 0.972. The van der Waals surface area contributed by atoms with Gasteiger partial charge in [0.1, 0.15) is 0 Å². The third-order valence-corrected chi connectivity index (χ3v) is 14.4. The standard InChI is InChI=1S/C24H40O10S2.2C6H15N/c1-14(4-9-22(25)26)18-7-8-19-17-6-5-15-12-16(33-35(27,28)29)10-11-23(15,2)20(17)13-21(24(18,19)3)34-36(30,31)32;2*1-4-7(5-2)6-3/h14-21H,4-13H2,1-3H3,(H,25,26)(H,27,28,29)(H,30,31,32);2*4-6H2,1-3H3/t14-,15-,16-,17?,18-,19+,20?,21+,23+,24-;;/m1../s1. The Morgan fingerprint density at radius 1 is 0.760 bits per heavy atom. The first-order valence-corrected chi connectivity index (χ1v) is 21.9. The van der Waals surface area contributed by atoms with E-state index in [1.165, 1.54) is 39.3 Å². The molecule has 10 atom stereocenters. The van der Waals surface area contributed by atoms with Crippen LogP contribution in [0.1, 0.15) is 127 Å². The van der Waals surface area contributed by atoms with E-state index in [0.29, 0.717) is 38.0 Å². The summed E-state index contributed by atoms with van der Waals surface area (Å²) in [6.45, 7) is 26.6. The second kappa shape index (κ2) is 19.5. The number of rotatable bonds is 14. The van der Waals surface area contributed by atoms with Crippen molar-refractivity contribution in [2.24, 2.45) is 46.3 Å². The average molecular weight is 755 g/mol. The molecule has 2 unspecified atom stereocenters. The number of carbonyl (C=O) groups is 1. The molecule has 0 aromatic heterocycles. The van der Waals surface area contributed by atoms with Crippen molar-refractivity contribution in [3.63, 3.8) is 0 Å². The largest absolute Gasteiger partial charge is 0.481 e. The Balaban J connectivity index is 0.000000521. The molecule has 0 heterocycles. The van der Waals surface area contributed by atoms with Crippen LogP contribution in [0, 0.1) is 46.3 Å². The molecule has 296 valence electrons. The van der Waals surface area contributed by atoms with Crippen LogP contribution in [-0.4, -0.2) is 98.3 Å². The van der Waals surface area contributed by atoms with Crippen molar-refractivity contribution in [1.82, 2.24) is 9.80 Å². The van der Waals surface area contributed by atoms with Gasteiger partial charge in [0.25, 0.3) is 0 Å². The molecule has 4 aliphatic carbocycles. The highest BCUT2D eigenvalue weighted by Crippen LogP contribution is 2.69. The molecule has 0 aliphatic heterocycles. The molecule has 4 aliphatic rings. The maximum Gasteiger partial charge on any atom is 0.397 e. The molecule has 4 rings (SSSR count). The van der Waals surface area contributed by atoms with Gasteiger partial charge in [-0.1, -0.05) is 62.3 Å². The molecule has 0 aromatic rings. The Kier molecular flexibility index (Phi) is 17.6. The van der Waals surface area contributed by atoms with Crippen LogP contribution in [0.5, 0.6) is 0 Å². The highest BCUT2D eigenvalue weighted by atomic mass is 32.3. The van der Waals surface area contributed by atoms with E-state index in [1.807, 2.05) is 6.92 Å². The van der Waals surface area contributed by atoms with E-state index >= 15 is 0 Å². The molecule has 50 heavy (non-hydrogen) atoms. The number of fused-ring (bicyclic) bond motifs is 5. The molecule has 12 nitrogen and oxygen atoms in total. The lowest BCUT2D eigenvalue weighted by atomic mass is 9.43. The van der Waals surface area contributed by atoms with Gasteiger partial charge >= 0.3 is 26.8 Å². The first kappa shape index (κ1) is 45.3. The van der Waals surface area contributed by atoms with Gasteiger partial charge in [-0.25, -0.2) is 8.37 Å². The van der Waals surface area contributed by atoms with Crippen LogP contribution in [0.2, 0.25) is 0 Å². The number of nitrogens with zero attached hydrogens (tertiary/aromatic N) is 2. The zero-order chi connectivity index (χ0) is 38.1.